The van der Waals surface area contributed by atoms with Crippen molar-refractivity contribution in [1.82, 2.24) is 0 Å². The van der Waals surface area contributed by atoms with E-state index in [2.05, 4.69) is 13.8 Å². The molecule has 1 unspecified atom stereocenters. The predicted molar refractivity (Wildman–Crippen MR) is 115 cm³/mol. The lowest BCUT2D eigenvalue weighted by Crippen LogP contribution is -2.05. The van der Waals surface area contributed by atoms with Crippen LogP contribution >= 0.6 is 22.3 Å². The zero-order chi connectivity index (χ0) is 16.3. The van der Waals surface area contributed by atoms with Crippen LogP contribution in [0.4, 0.5) is 0 Å². The second-order valence-corrected chi connectivity index (χ2v) is 6.57. The van der Waals surface area contributed by atoms with Gasteiger partial charge in [-0.25, -0.2) is 0 Å². The normalized spacial score (nSPS) is 9.92. The van der Waals surface area contributed by atoms with Gasteiger partial charge in [-0.2, -0.15) is 9.90 Å². The Bertz CT molecular complexity index is 238. The van der Waals surface area contributed by atoms with E-state index in [1.807, 2.05) is 0 Å². The molecule has 0 radical (unpaired) electrons. The first-order chi connectivity index (χ1) is 10.8. The van der Waals surface area contributed by atoms with E-state index in [0.29, 0.717) is 13.0 Å². The van der Waals surface area contributed by atoms with Crippen molar-refractivity contribution in [3.63, 3.8) is 0 Å². The van der Waals surface area contributed by atoms with Crippen LogP contribution in [0.25, 0.3) is 0 Å². The van der Waals surface area contributed by atoms with E-state index in [1.54, 1.807) is 0 Å². The lowest BCUT2D eigenvalue weighted by atomic mass is 10.1. The third-order valence-electron chi connectivity index (χ3n) is 4.25. The number of hydrogen-bond acceptors (Lipinski definition) is 2. The molecular formula is C20H44ClO2P. The zero-order valence-electron chi connectivity index (χ0n) is 16.5. The molecule has 0 aromatic rings. The fourth-order valence-electron chi connectivity index (χ4n) is 2.72. The minimum atomic E-state index is -0.00322. The number of rotatable bonds is 17. The molecule has 4 heteroatoms. The lowest BCUT2D eigenvalue weighted by Gasteiger charge is -2.05. The molecule has 0 rings (SSSR count). The Hall–Kier alpha value is 0.190. The minimum absolute atomic E-state index is 0. The fraction of sp³-hybridized carbons (Fsp3) is 0.950. The average molecular weight is 383 g/mol. The molecule has 0 aliphatic carbocycles. The topological polar surface area (TPSA) is 26.3 Å². The quantitative estimate of drug-likeness (QED) is 0.150. The smallest absolute Gasteiger partial charge is 0.305 e. The molecule has 148 valence electrons. The fourth-order valence-corrected chi connectivity index (χ4v) is 2.72. The first-order valence-corrected chi connectivity index (χ1v) is 9.96. The Kier molecular flexibility index (Phi) is 30.7. The van der Waals surface area contributed by atoms with Gasteiger partial charge in [0.25, 0.3) is 0 Å². The van der Waals surface area contributed by atoms with Crippen LogP contribution in [0.1, 0.15) is 117 Å². The molecule has 0 bridgehead atoms. The summed E-state index contributed by atoms with van der Waals surface area (Å²) in [5.41, 5.74) is 0. The third-order valence-corrected chi connectivity index (χ3v) is 4.25. The molecule has 0 saturated heterocycles. The standard InChI is InChI=1S/C20H40O2.ClH.H3P/c1-3-5-7-8-9-10-11-12-13-14-15-17-19-22-20(21)18-16-6-4-2;;/h3-19H2,1-2H3;1H;1H3. The second kappa shape index (κ2) is 25.4. The molecule has 0 spiro atoms. The van der Waals surface area contributed by atoms with Crippen LogP contribution in [-0.2, 0) is 9.53 Å². The number of ether oxygens (including phenoxy) is 1. The highest BCUT2D eigenvalue weighted by molar-refractivity contribution is 6.92. The largest absolute Gasteiger partial charge is 0.466 e. The predicted octanol–water partition coefficient (Wildman–Crippen LogP) is 7.29. The van der Waals surface area contributed by atoms with E-state index in [1.165, 1.54) is 70.6 Å². The van der Waals surface area contributed by atoms with Gasteiger partial charge in [0.2, 0.25) is 0 Å². The van der Waals surface area contributed by atoms with Crippen LogP contribution in [0.2, 0.25) is 0 Å². The molecule has 0 N–H and O–H groups in total. The monoisotopic (exact) mass is 382 g/mol. The van der Waals surface area contributed by atoms with Crippen LogP contribution in [0, 0.1) is 0 Å². The maximum atomic E-state index is 11.4. The summed E-state index contributed by atoms with van der Waals surface area (Å²) in [5, 5.41) is 0. The Morgan fingerprint density at radius 2 is 1.00 bits per heavy atom. The van der Waals surface area contributed by atoms with E-state index in [4.69, 9.17) is 4.74 Å². The molecule has 0 amide bonds. The van der Waals surface area contributed by atoms with E-state index in [9.17, 15) is 4.79 Å². The molecule has 0 aromatic heterocycles. The summed E-state index contributed by atoms with van der Waals surface area (Å²) in [6.45, 7) is 5.05. The van der Waals surface area contributed by atoms with Gasteiger partial charge in [-0.1, -0.05) is 97.3 Å². The molecule has 0 aliphatic rings. The summed E-state index contributed by atoms with van der Waals surface area (Å²) in [7, 11) is 0. The van der Waals surface area contributed by atoms with Crippen LogP contribution in [0.15, 0.2) is 0 Å². The molecule has 0 heterocycles. The van der Waals surface area contributed by atoms with E-state index in [-0.39, 0.29) is 28.3 Å². The number of halogens is 1. The number of carbonyl (C=O) groups excluding carboxylic acids is 1. The van der Waals surface area contributed by atoms with Gasteiger partial charge in [0.15, 0.2) is 0 Å². The van der Waals surface area contributed by atoms with E-state index < -0.39 is 0 Å². The van der Waals surface area contributed by atoms with Gasteiger partial charge in [-0.05, 0) is 12.8 Å². The van der Waals surface area contributed by atoms with Gasteiger partial charge in [-0.15, -0.1) is 12.4 Å². The van der Waals surface area contributed by atoms with Crippen molar-refractivity contribution < 1.29 is 9.53 Å². The number of esters is 1. The summed E-state index contributed by atoms with van der Waals surface area (Å²) in [4.78, 5) is 11.4. The molecule has 0 aromatic carbocycles. The Labute approximate surface area is 161 Å². The molecule has 1 atom stereocenters. The van der Waals surface area contributed by atoms with Gasteiger partial charge in [0.05, 0.1) is 6.61 Å². The Morgan fingerprint density at radius 1 is 0.625 bits per heavy atom. The highest BCUT2D eigenvalue weighted by Crippen LogP contribution is 2.12. The zero-order valence-corrected chi connectivity index (χ0v) is 18.7. The van der Waals surface area contributed by atoms with Gasteiger partial charge in [0.1, 0.15) is 0 Å². The second-order valence-electron chi connectivity index (χ2n) is 6.57. The maximum absolute atomic E-state index is 11.4. The van der Waals surface area contributed by atoms with E-state index >= 15 is 0 Å². The van der Waals surface area contributed by atoms with Crippen molar-refractivity contribution >= 4 is 28.3 Å². The number of carbonyl (C=O) groups is 1. The van der Waals surface area contributed by atoms with Gasteiger partial charge in [-0.3, -0.25) is 4.79 Å². The summed E-state index contributed by atoms with van der Waals surface area (Å²) in [6, 6.07) is 0. The van der Waals surface area contributed by atoms with Crippen molar-refractivity contribution in [3.05, 3.63) is 0 Å². The first kappa shape index (κ1) is 29.0. The summed E-state index contributed by atoms with van der Waals surface area (Å²) >= 11 is 0. The molecular weight excluding hydrogens is 339 g/mol. The average Bonchev–Trinajstić information content (AvgIpc) is 2.52. The molecule has 0 fully saturated rings. The molecule has 0 aliphatic heterocycles. The van der Waals surface area contributed by atoms with Crippen molar-refractivity contribution in [3.8, 4) is 0 Å². The Balaban J connectivity index is -0.00000220. The summed E-state index contributed by atoms with van der Waals surface area (Å²) in [5.74, 6) is -0.00322. The first-order valence-electron chi connectivity index (χ1n) is 9.96. The Morgan fingerprint density at radius 3 is 1.46 bits per heavy atom. The highest BCUT2D eigenvalue weighted by Gasteiger charge is 2.01. The lowest BCUT2D eigenvalue weighted by molar-refractivity contribution is -0.143. The van der Waals surface area contributed by atoms with Gasteiger partial charge in [0, 0.05) is 6.42 Å². The molecule has 0 saturated carbocycles. The highest BCUT2D eigenvalue weighted by atomic mass is 35.5. The van der Waals surface area contributed by atoms with Gasteiger partial charge >= 0.3 is 5.97 Å². The third kappa shape index (κ3) is 24.4. The van der Waals surface area contributed by atoms with Gasteiger partial charge < -0.3 is 4.74 Å². The number of unbranched alkanes of at least 4 members (excludes halogenated alkanes) is 13. The molecule has 2 nitrogen and oxygen atoms in total. The maximum Gasteiger partial charge on any atom is 0.305 e. The molecule has 24 heavy (non-hydrogen) atoms. The van der Waals surface area contributed by atoms with E-state index in [0.717, 1.165) is 25.7 Å². The SMILES string of the molecule is CCCCCCCCCCCCCCOC(=O)CCCCC.Cl.P. The van der Waals surface area contributed by atoms with Crippen LogP contribution in [0.5, 0.6) is 0 Å². The van der Waals surface area contributed by atoms with Crippen molar-refractivity contribution in [2.75, 3.05) is 6.61 Å². The van der Waals surface area contributed by atoms with Crippen molar-refractivity contribution in [2.45, 2.75) is 117 Å². The summed E-state index contributed by atoms with van der Waals surface area (Å²) < 4.78 is 5.24. The minimum Gasteiger partial charge on any atom is -0.466 e. The number of hydrogen-bond donors (Lipinski definition) is 0. The summed E-state index contributed by atoms with van der Waals surface area (Å²) in [6.07, 6.45) is 20.0. The van der Waals surface area contributed by atoms with Crippen LogP contribution in [0.3, 0.4) is 0 Å². The van der Waals surface area contributed by atoms with Crippen LogP contribution < -0.4 is 0 Å². The van der Waals surface area contributed by atoms with Crippen molar-refractivity contribution in [2.24, 2.45) is 0 Å². The van der Waals surface area contributed by atoms with Crippen molar-refractivity contribution in [1.29, 1.82) is 0 Å². The van der Waals surface area contributed by atoms with Crippen LogP contribution in [-0.4, -0.2) is 12.6 Å².